The monoisotopic (exact) mass is 241 g/mol. The SMILES string of the molecule is CNCC(C(=O)c1cc(F)ccc1F)C(C)C. The third-order valence-electron chi connectivity index (χ3n) is 2.76. The van der Waals surface area contributed by atoms with Gasteiger partial charge in [-0.2, -0.15) is 0 Å². The largest absolute Gasteiger partial charge is 0.319 e. The summed E-state index contributed by atoms with van der Waals surface area (Å²) in [6, 6.07) is 2.95. The molecule has 0 amide bonds. The van der Waals surface area contributed by atoms with Crippen LogP contribution in [0.1, 0.15) is 24.2 Å². The van der Waals surface area contributed by atoms with Crippen LogP contribution in [0, 0.1) is 23.5 Å². The molecule has 0 saturated heterocycles. The first kappa shape index (κ1) is 13.8. The molecule has 94 valence electrons. The summed E-state index contributed by atoms with van der Waals surface area (Å²) in [5.74, 6) is -1.90. The molecule has 0 fully saturated rings. The zero-order valence-corrected chi connectivity index (χ0v) is 10.3. The number of halogens is 2. The van der Waals surface area contributed by atoms with Crippen molar-refractivity contribution in [2.45, 2.75) is 13.8 Å². The van der Waals surface area contributed by atoms with Gasteiger partial charge in [0, 0.05) is 12.5 Å². The quantitative estimate of drug-likeness (QED) is 0.803. The van der Waals surface area contributed by atoms with Crippen molar-refractivity contribution in [2.75, 3.05) is 13.6 Å². The lowest BCUT2D eigenvalue weighted by Gasteiger charge is -2.19. The summed E-state index contributed by atoms with van der Waals surface area (Å²) in [5.41, 5.74) is -0.168. The number of benzene rings is 1. The highest BCUT2D eigenvalue weighted by Gasteiger charge is 2.25. The van der Waals surface area contributed by atoms with E-state index in [0.29, 0.717) is 6.54 Å². The summed E-state index contributed by atoms with van der Waals surface area (Å²) in [5, 5.41) is 2.90. The Labute approximate surface area is 100 Å². The molecule has 1 rings (SSSR count). The number of carbonyl (C=O) groups is 1. The summed E-state index contributed by atoms with van der Waals surface area (Å²) in [7, 11) is 1.73. The molecule has 1 aromatic carbocycles. The van der Waals surface area contributed by atoms with Crippen LogP contribution in [0.2, 0.25) is 0 Å². The first-order valence-electron chi connectivity index (χ1n) is 5.61. The first-order chi connectivity index (χ1) is 7.97. The summed E-state index contributed by atoms with van der Waals surface area (Å²) >= 11 is 0. The van der Waals surface area contributed by atoms with Crippen LogP contribution in [-0.4, -0.2) is 19.4 Å². The van der Waals surface area contributed by atoms with Crippen molar-refractivity contribution < 1.29 is 13.6 Å². The van der Waals surface area contributed by atoms with Crippen LogP contribution in [0.25, 0.3) is 0 Å². The smallest absolute Gasteiger partial charge is 0.170 e. The summed E-state index contributed by atoms with van der Waals surface area (Å²) in [4.78, 5) is 12.1. The van der Waals surface area contributed by atoms with E-state index in [4.69, 9.17) is 0 Å². The highest BCUT2D eigenvalue weighted by molar-refractivity contribution is 5.98. The minimum atomic E-state index is -0.668. The number of ketones is 1. The number of hydrogen-bond donors (Lipinski definition) is 1. The van der Waals surface area contributed by atoms with Crippen molar-refractivity contribution >= 4 is 5.78 Å². The zero-order chi connectivity index (χ0) is 13.0. The van der Waals surface area contributed by atoms with E-state index in [1.807, 2.05) is 13.8 Å². The Morgan fingerprint density at radius 1 is 1.35 bits per heavy atom. The molecular formula is C13H17F2NO. The Hall–Kier alpha value is -1.29. The Morgan fingerprint density at radius 2 is 2.00 bits per heavy atom. The minimum Gasteiger partial charge on any atom is -0.319 e. The third kappa shape index (κ3) is 3.33. The molecule has 0 saturated carbocycles. The average Bonchev–Trinajstić information content (AvgIpc) is 2.28. The molecule has 1 aromatic rings. The molecule has 0 radical (unpaired) electrons. The number of hydrogen-bond acceptors (Lipinski definition) is 2. The van der Waals surface area contributed by atoms with E-state index >= 15 is 0 Å². The van der Waals surface area contributed by atoms with Gasteiger partial charge in [0.1, 0.15) is 11.6 Å². The fraction of sp³-hybridized carbons (Fsp3) is 0.462. The maximum absolute atomic E-state index is 13.5. The molecule has 0 aliphatic carbocycles. The Kier molecular flexibility index (Phi) is 4.75. The van der Waals surface area contributed by atoms with Crippen LogP contribution >= 0.6 is 0 Å². The van der Waals surface area contributed by atoms with E-state index in [9.17, 15) is 13.6 Å². The van der Waals surface area contributed by atoms with Crippen LogP contribution in [0.4, 0.5) is 8.78 Å². The van der Waals surface area contributed by atoms with E-state index in [1.165, 1.54) is 0 Å². The Morgan fingerprint density at radius 3 is 2.53 bits per heavy atom. The van der Waals surface area contributed by atoms with Crippen molar-refractivity contribution in [3.05, 3.63) is 35.4 Å². The summed E-state index contributed by atoms with van der Waals surface area (Å²) in [6.45, 7) is 4.22. The lowest BCUT2D eigenvalue weighted by Crippen LogP contribution is -2.31. The van der Waals surface area contributed by atoms with Crippen molar-refractivity contribution in [2.24, 2.45) is 11.8 Å². The molecule has 0 heterocycles. The van der Waals surface area contributed by atoms with Crippen LogP contribution in [0.3, 0.4) is 0 Å². The minimum absolute atomic E-state index is 0.0672. The summed E-state index contributed by atoms with van der Waals surface area (Å²) < 4.78 is 26.5. The molecule has 1 N–H and O–H groups in total. The molecule has 2 nitrogen and oxygen atoms in total. The fourth-order valence-electron chi connectivity index (χ4n) is 1.74. The van der Waals surface area contributed by atoms with Gasteiger partial charge >= 0.3 is 0 Å². The molecule has 0 aromatic heterocycles. The van der Waals surface area contributed by atoms with Gasteiger partial charge in [0.05, 0.1) is 5.56 Å². The van der Waals surface area contributed by atoms with Crippen LogP contribution in [0.5, 0.6) is 0 Å². The molecule has 1 atom stereocenters. The van der Waals surface area contributed by atoms with Gasteiger partial charge in [-0.05, 0) is 31.2 Å². The summed E-state index contributed by atoms with van der Waals surface area (Å²) in [6.07, 6.45) is 0. The van der Waals surface area contributed by atoms with E-state index in [2.05, 4.69) is 5.32 Å². The van der Waals surface area contributed by atoms with Gasteiger partial charge in [-0.3, -0.25) is 4.79 Å². The van der Waals surface area contributed by atoms with Crippen LogP contribution in [0.15, 0.2) is 18.2 Å². The van der Waals surface area contributed by atoms with E-state index in [1.54, 1.807) is 7.05 Å². The Balaban J connectivity index is 3.04. The van der Waals surface area contributed by atoms with Crippen LogP contribution in [-0.2, 0) is 0 Å². The molecular weight excluding hydrogens is 224 g/mol. The Bertz CT molecular complexity index is 404. The maximum atomic E-state index is 13.5. The standard InChI is InChI=1S/C13H17F2NO/c1-8(2)11(7-16-3)13(17)10-6-9(14)4-5-12(10)15/h4-6,8,11,16H,7H2,1-3H3. The number of nitrogens with one attached hydrogen (secondary N) is 1. The third-order valence-corrected chi connectivity index (χ3v) is 2.76. The molecule has 0 aliphatic heterocycles. The van der Waals surface area contributed by atoms with Gasteiger partial charge in [0.15, 0.2) is 5.78 Å². The highest BCUT2D eigenvalue weighted by Crippen LogP contribution is 2.19. The maximum Gasteiger partial charge on any atom is 0.170 e. The van der Waals surface area contributed by atoms with Gasteiger partial charge < -0.3 is 5.32 Å². The topological polar surface area (TPSA) is 29.1 Å². The molecule has 0 spiro atoms. The first-order valence-corrected chi connectivity index (χ1v) is 5.61. The average molecular weight is 241 g/mol. The van der Waals surface area contributed by atoms with Gasteiger partial charge in [0.2, 0.25) is 0 Å². The lowest BCUT2D eigenvalue weighted by atomic mass is 9.87. The van der Waals surface area contributed by atoms with Gasteiger partial charge in [-0.15, -0.1) is 0 Å². The molecule has 1 unspecified atom stereocenters. The van der Waals surface area contributed by atoms with Crippen molar-refractivity contribution in [1.82, 2.24) is 5.32 Å². The van der Waals surface area contributed by atoms with Crippen molar-refractivity contribution in [3.8, 4) is 0 Å². The number of Topliss-reactive ketones (excluding diaryl/α,β-unsaturated/α-hetero) is 1. The molecule has 4 heteroatoms. The number of carbonyl (C=O) groups excluding carboxylic acids is 1. The van der Waals surface area contributed by atoms with Crippen LogP contribution < -0.4 is 5.32 Å². The lowest BCUT2D eigenvalue weighted by molar-refractivity contribution is 0.0881. The van der Waals surface area contributed by atoms with Crippen molar-refractivity contribution in [1.29, 1.82) is 0 Å². The van der Waals surface area contributed by atoms with Gasteiger partial charge in [-0.25, -0.2) is 8.78 Å². The second-order valence-electron chi connectivity index (χ2n) is 4.40. The number of rotatable bonds is 5. The molecule has 0 bridgehead atoms. The second-order valence-corrected chi connectivity index (χ2v) is 4.40. The fourth-order valence-corrected chi connectivity index (χ4v) is 1.74. The van der Waals surface area contributed by atoms with E-state index in [-0.39, 0.29) is 23.2 Å². The van der Waals surface area contributed by atoms with Gasteiger partial charge in [0.25, 0.3) is 0 Å². The van der Waals surface area contributed by atoms with Gasteiger partial charge in [-0.1, -0.05) is 13.8 Å². The normalized spacial score (nSPS) is 12.8. The van der Waals surface area contributed by atoms with E-state index in [0.717, 1.165) is 18.2 Å². The predicted octanol–water partition coefficient (Wildman–Crippen LogP) is 2.64. The molecule has 0 aliphatic rings. The second kappa shape index (κ2) is 5.87. The highest BCUT2D eigenvalue weighted by atomic mass is 19.1. The zero-order valence-electron chi connectivity index (χ0n) is 10.3. The van der Waals surface area contributed by atoms with E-state index < -0.39 is 11.6 Å². The predicted molar refractivity (Wildman–Crippen MR) is 62.9 cm³/mol. The molecule has 17 heavy (non-hydrogen) atoms. The van der Waals surface area contributed by atoms with Crippen molar-refractivity contribution in [3.63, 3.8) is 0 Å².